The number of phenols is 1. The van der Waals surface area contributed by atoms with Crippen LogP contribution in [0, 0.1) is 0 Å². The van der Waals surface area contributed by atoms with Gasteiger partial charge in [-0.05, 0) is 42.5 Å². The third-order valence-electron chi connectivity index (χ3n) is 2.91. The SMILES string of the molecule is O=C(NNS(=O)(=O)c1ccc(Cl)c(C(=O)O)c1)c1ccc(O)cc1. The molecule has 24 heavy (non-hydrogen) atoms. The average molecular weight is 371 g/mol. The number of sulfonamides is 1. The van der Waals surface area contributed by atoms with Crippen molar-refractivity contribution in [3.8, 4) is 5.75 Å². The van der Waals surface area contributed by atoms with E-state index in [1.54, 1.807) is 0 Å². The van der Waals surface area contributed by atoms with Gasteiger partial charge >= 0.3 is 5.97 Å². The van der Waals surface area contributed by atoms with E-state index in [0.29, 0.717) is 0 Å². The van der Waals surface area contributed by atoms with Crippen LogP contribution in [0.3, 0.4) is 0 Å². The Morgan fingerprint density at radius 3 is 2.25 bits per heavy atom. The van der Waals surface area contributed by atoms with Crippen molar-refractivity contribution in [2.45, 2.75) is 4.90 Å². The Hall–Kier alpha value is -2.62. The molecule has 4 N–H and O–H groups in total. The van der Waals surface area contributed by atoms with Gasteiger partial charge in [-0.1, -0.05) is 11.6 Å². The number of halogens is 1. The number of carbonyl (C=O) groups excluding carboxylic acids is 1. The first-order chi connectivity index (χ1) is 11.2. The van der Waals surface area contributed by atoms with E-state index in [1.807, 2.05) is 10.3 Å². The summed E-state index contributed by atoms with van der Waals surface area (Å²) in [4.78, 5) is 24.3. The van der Waals surface area contributed by atoms with Crippen LogP contribution in [0.1, 0.15) is 20.7 Å². The fraction of sp³-hybridized carbons (Fsp3) is 0. The molecule has 0 unspecified atom stereocenters. The summed E-state index contributed by atoms with van der Waals surface area (Å²) in [7, 11) is -4.20. The number of carboxylic acids is 1. The van der Waals surface area contributed by atoms with Crippen molar-refractivity contribution in [3.63, 3.8) is 0 Å². The summed E-state index contributed by atoms with van der Waals surface area (Å²) in [5.41, 5.74) is 1.71. The maximum absolute atomic E-state index is 12.1. The van der Waals surface area contributed by atoms with Crippen molar-refractivity contribution in [2.24, 2.45) is 0 Å². The Morgan fingerprint density at radius 2 is 1.67 bits per heavy atom. The first-order valence-corrected chi connectivity index (χ1v) is 8.21. The number of carboxylic acid groups (broad SMARTS) is 1. The molecular formula is C14H11ClN2O6S. The molecule has 0 aromatic heterocycles. The lowest BCUT2D eigenvalue weighted by Crippen LogP contribution is -2.41. The lowest BCUT2D eigenvalue weighted by atomic mass is 10.2. The molecule has 0 aliphatic heterocycles. The van der Waals surface area contributed by atoms with Crippen molar-refractivity contribution in [2.75, 3.05) is 0 Å². The fourth-order valence-corrected chi connectivity index (χ4v) is 2.76. The quantitative estimate of drug-likeness (QED) is 0.587. The normalized spacial score (nSPS) is 11.0. The number of carbonyl (C=O) groups is 2. The molecule has 0 saturated carbocycles. The number of hydrogen-bond acceptors (Lipinski definition) is 5. The van der Waals surface area contributed by atoms with E-state index in [9.17, 15) is 18.0 Å². The van der Waals surface area contributed by atoms with Crippen LogP contribution in [0.15, 0.2) is 47.4 Å². The van der Waals surface area contributed by atoms with Gasteiger partial charge in [0, 0.05) is 5.56 Å². The molecule has 0 aliphatic carbocycles. The number of hydrazine groups is 1. The van der Waals surface area contributed by atoms with Gasteiger partial charge in [0.25, 0.3) is 15.9 Å². The second kappa shape index (κ2) is 6.87. The number of amides is 1. The molecule has 0 bridgehead atoms. The summed E-state index contributed by atoms with van der Waals surface area (Å²) >= 11 is 5.68. The highest BCUT2D eigenvalue weighted by Gasteiger charge is 2.19. The smallest absolute Gasteiger partial charge is 0.337 e. The number of aromatic hydroxyl groups is 1. The molecule has 2 aromatic carbocycles. The molecule has 2 rings (SSSR count). The summed E-state index contributed by atoms with van der Waals surface area (Å²) in [5.74, 6) is -2.19. The zero-order chi connectivity index (χ0) is 17.9. The van der Waals surface area contributed by atoms with Gasteiger partial charge in [0.15, 0.2) is 0 Å². The molecule has 0 atom stereocenters. The fourth-order valence-electron chi connectivity index (χ4n) is 1.69. The summed E-state index contributed by atoms with van der Waals surface area (Å²) in [6, 6.07) is 8.22. The summed E-state index contributed by atoms with van der Waals surface area (Å²) in [6.07, 6.45) is 0. The van der Waals surface area contributed by atoms with Crippen molar-refractivity contribution >= 4 is 33.5 Å². The largest absolute Gasteiger partial charge is 0.508 e. The standard InChI is InChI=1S/C14H11ClN2O6S/c15-12-6-5-10(7-11(12)14(20)21)24(22,23)17-16-13(19)8-1-3-9(18)4-2-8/h1-7,17-18H,(H,16,19)(H,20,21). The summed E-state index contributed by atoms with van der Waals surface area (Å²) in [5, 5.41) is 18.0. The highest BCUT2D eigenvalue weighted by atomic mass is 35.5. The van der Waals surface area contributed by atoms with Crippen LogP contribution in [-0.2, 0) is 10.0 Å². The van der Waals surface area contributed by atoms with E-state index in [0.717, 1.165) is 18.2 Å². The van der Waals surface area contributed by atoms with Gasteiger partial charge in [-0.2, -0.15) is 0 Å². The van der Waals surface area contributed by atoms with Gasteiger partial charge in [-0.3, -0.25) is 10.2 Å². The molecule has 0 spiro atoms. The Labute approximate surface area is 141 Å². The number of hydrogen-bond donors (Lipinski definition) is 4. The van der Waals surface area contributed by atoms with Crippen LogP contribution < -0.4 is 10.3 Å². The Bertz CT molecular complexity index is 896. The van der Waals surface area contributed by atoms with Gasteiger partial charge in [0.2, 0.25) is 0 Å². The van der Waals surface area contributed by atoms with Gasteiger partial charge in [-0.15, -0.1) is 4.83 Å². The van der Waals surface area contributed by atoms with E-state index >= 15 is 0 Å². The van der Waals surface area contributed by atoms with Gasteiger partial charge in [0.1, 0.15) is 5.75 Å². The minimum atomic E-state index is -4.20. The molecule has 8 nitrogen and oxygen atoms in total. The van der Waals surface area contributed by atoms with Crippen molar-refractivity contribution in [1.82, 2.24) is 10.3 Å². The number of nitrogens with one attached hydrogen (secondary N) is 2. The third-order valence-corrected chi connectivity index (χ3v) is 4.48. The van der Waals surface area contributed by atoms with E-state index in [2.05, 4.69) is 0 Å². The number of rotatable bonds is 5. The number of aromatic carboxylic acids is 1. The van der Waals surface area contributed by atoms with Crippen LogP contribution in [0.25, 0.3) is 0 Å². The van der Waals surface area contributed by atoms with Crippen LogP contribution >= 0.6 is 11.6 Å². The Balaban J connectivity index is 2.17. The molecule has 2 aromatic rings. The molecule has 0 radical (unpaired) electrons. The maximum Gasteiger partial charge on any atom is 0.337 e. The first-order valence-electron chi connectivity index (χ1n) is 6.35. The maximum atomic E-state index is 12.1. The predicted molar refractivity (Wildman–Crippen MR) is 84.3 cm³/mol. The van der Waals surface area contributed by atoms with E-state index in [4.69, 9.17) is 21.8 Å². The molecule has 0 aliphatic rings. The lowest BCUT2D eigenvalue weighted by Gasteiger charge is -2.09. The topological polar surface area (TPSA) is 133 Å². The lowest BCUT2D eigenvalue weighted by molar-refractivity contribution is 0.0696. The molecule has 1 amide bonds. The highest BCUT2D eigenvalue weighted by Crippen LogP contribution is 2.20. The zero-order valence-corrected chi connectivity index (χ0v) is 13.4. The molecular weight excluding hydrogens is 360 g/mol. The van der Waals surface area contributed by atoms with Gasteiger partial charge in [-0.25, -0.2) is 13.2 Å². The third kappa shape index (κ3) is 4.02. The number of phenolic OH excluding ortho intramolecular Hbond substituents is 1. The average Bonchev–Trinajstić information content (AvgIpc) is 2.53. The van der Waals surface area contributed by atoms with Crippen molar-refractivity contribution in [1.29, 1.82) is 0 Å². The van der Waals surface area contributed by atoms with E-state index < -0.39 is 21.9 Å². The molecule has 126 valence electrons. The summed E-state index contributed by atoms with van der Waals surface area (Å²) in [6.45, 7) is 0. The predicted octanol–water partition coefficient (Wildman–Crippen LogP) is 1.37. The van der Waals surface area contributed by atoms with Crippen LogP contribution in [0.2, 0.25) is 5.02 Å². The van der Waals surface area contributed by atoms with Crippen molar-refractivity contribution in [3.05, 3.63) is 58.6 Å². The highest BCUT2D eigenvalue weighted by molar-refractivity contribution is 7.89. The van der Waals surface area contributed by atoms with Gasteiger partial charge < -0.3 is 10.2 Å². The van der Waals surface area contributed by atoms with E-state index in [1.165, 1.54) is 24.3 Å². The molecule has 10 heteroatoms. The van der Waals surface area contributed by atoms with Gasteiger partial charge in [0.05, 0.1) is 15.5 Å². The van der Waals surface area contributed by atoms with E-state index in [-0.39, 0.29) is 26.8 Å². The van der Waals surface area contributed by atoms with Crippen molar-refractivity contribution < 1.29 is 28.2 Å². The Morgan fingerprint density at radius 1 is 1.04 bits per heavy atom. The van der Waals surface area contributed by atoms with Crippen LogP contribution in [0.4, 0.5) is 0 Å². The minimum Gasteiger partial charge on any atom is -0.508 e. The molecule has 0 heterocycles. The van der Waals surface area contributed by atoms with Crippen LogP contribution in [0.5, 0.6) is 5.75 Å². The zero-order valence-electron chi connectivity index (χ0n) is 11.9. The second-order valence-corrected chi connectivity index (χ2v) is 6.64. The minimum absolute atomic E-state index is 0.0468. The molecule has 0 saturated heterocycles. The molecule has 0 fully saturated rings. The van der Waals surface area contributed by atoms with Crippen LogP contribution in [-0.4, -0.2) is 30.5 Å². The monoisotopic (exact) mass is 370 g/mol. The number of benzene rings is 2. The first kappa shape index (κ1) is 17.7. The summed E-state index contributed by atoms with van der Waals surface area (Å²) < 4.78 is 24.2. The Kier molecular flexibility index (Phi) is 5.07. The second-order valence-electron chi connectivity index (χ2n) is 4.55.